The zero-order chi connectivity index (χ0) is 22.1. The maximum absolute atomic E-state index is 13.4. The van der Waals surface area contributed by atoms with E-state index in [0.29, 0.717) is 6.42 Å². The molecule has 0 aromatic heterocycles. The van der Waals surface area contributed by atoms with E-state index in [1.165, 1.54) is 6.92 Å². The maximum atomic E-state index is 13.4. The smallest absolute Gasteiger partial charge is 0.302 e. The number of esters is 1. The first-order valence-corrected chi connectivity index (χ1v) is 11.0. The van der Waals surface area contributed by atoms with E-state index in [0.717, 1.165) is 32.2 Å². The van der Waals surface area contributed by atoms with E-state index < -0.39 is 6.04 Å². The van der Waals surface area contributed by atoms with Gasteiger partial charge >= 0.3 is 5.97 Å². The number of carbonyl (C=O) groups is 3. The van der Waals surface area contributed by atoms with Crippen LogP contribution in [0.25, 0.3) is 0 Å². The predicted octanol–water partition coefficient (Wildman–Crippen LogP) is 2.44. The Morgan fingerprint density at radius 1 is 1.21 bits per heavy atom. The second kappa shape index (κ2) is 12.2. The zero-order valence-corrected chi connectivity index (χ0v) is 19.4. The minimum absolute atomic E-state index is 0.0316. The van der Waals surface area contributed by atoms with Crippen molar-refractivity contribution in [3.63, 3.8) is 0 Å². The summed E-state index contributed by atoms with van der Waals surface area (Å²) in [5.74, 6) is -0.211. The third-order valence-corrected chi connectivity index (χ3v) is 6.18. The van der Waals surface area contributed by atoms with Crippen LogP contribution in [0.5, 0.6) is 0 Å². The summed E-state index contributed by atoms with van der Waals surface area (Å²) in [6, 6.07) is -0.788. The lowest BCUT2D eigenvalue weighted by Crippen LogP contribution is -2.57. The van der Waals surface area contributed by atoms with Gasteiger partial charge in [-0.15, -0.1) is 0 Å². The first kappa shape index (κ1) is 25.4. The van der Waals surface area contributed by atoms with Crippen molar-refractivity contribution in [3.05, 3.63) is 0 Å². The molecule has 0 spiro atoms. The minimum Gasteiger partial charge on any atom is -0.466 e. The highest BCUT2D eigenvalue weighted by molar-refractivity contribution is 5.90. The molecule has 0 aromatic rings. The van der Waals surface area contributed by atoms with Gasteiger partial charge in [0.15, 0.2) is 0 Å². The van der Waals surface area contributed by atoms with Crippen molar-refractivity contribution >= 4 is 17.8 Å². The molecule has 7 nitrogen and oxygen atoms in total. The molecular formula is C22H41N3O4. The van der Waals surface area contributed by atoms with Crippen LogP contribution in [-0.2, 0) is 19.1 Å². The van der Waals surface area contributed by atoms with Gasteiger partial charge in [-0.1, -0.05) is 40.5 Å². The van der Waals surface area contributed by atoms with E-state index in [-0.39, 0.29) is 48.3 Å². The van der Waals surface area contributed by atoms with Gasteiger partial charge < -0.3 is 15.0 Å². The number of likely N-dealkylation sites (tertiary alicyclic amines) is 1. The fourth-order valence-corrected chi connectivity index (χ4v) is 4.02. The van der Waals surface area contributed by atoms with Crippen LogP contribution in [0, 0.1) is 11.8 Å². The summed E-state index contributed by atoms with van der Waals surface area (Å²) >= 11 is 0. The van der Waals surface area contributed by atoms with Crippen LogP contribution >= 0.6 is 0 Å². The monoisotopic (exact) mass is 411 g/mol. The topological polar surface area (TPSA) is 79.0 Å². The van der Waals surface area contributed by atoms with Crippen molar-refractivity contribution in [3.8, 4) is 0 Å². The molecule has 1 N–H and O–H groups in total. The van der Waals surface area contributed by atoms with E-state index in [2.05, 4.69) is 24.1 Å². The number of piperidine rings is 1. The van der Waals surface area contributed by atoms with Gasteiger partial charge in [0.25, 0.3) is 0 Å². The van der Waals surface area contributed by atoms with Gasteiger partial charge in [-0.05, 0) is 38.3 Å². The number of rotatable bonds is 10. The molecule has 1 unspecified atom stereocenters. The van der Waals surface area contributed by atoms with Gasteiger partial charge in [-0.25, -0.2) is 0 Å². The van der Waals surface area contributed by atoms with Crippen molar-refractivity contribution in [1.29, 1.82) is 0 Å². The quantitative estimate of drug-likeness (QED) is 0.559. The summed E-state index contributed by atoms with van der Waals surface area (Å²) in [5, 5.41) is 3.06. The summed E-state index contributed by atoms with van der Waals surface area (Å²) < 4.78 is 5.09. The van der Waals surface area contributed by atoms with E-state index in [4.69, 9.17) is 4.74 Å². The normalized spacial score (nSPS) is 20.6. The summed E-state index contributed by atoms with van der Waals surface area (Å²) in [6.45, 7) is 10.7. The lowest BCUT2D eigenvalue weighted by Gasteiger charge is -2.37. The number of amides is 2. The third-order valence-electron chi connectivity index (χ3n) is 6.18. The molecule has 0 saturated carbocycles. The molecule has 7 heteroatoms. The molecule has 29 heavy (non-hydrogen) atoms. The van der Waals surface area contributed by atoms with Crippen molar-refractivity contribution < 1.29 is 19.1 Å². The highest BCUT2D eigenvalue weighted by Crippen LogP contribution is 2.20. The van der Waals surface area contributed by atoms with Crippen LogP contribution in [0.3, 0.4) is 0 Å². The van der Waals surface area contributed by atoms with Crippen LogP contribution < -0.4 is 5.32 Å². The molecule has 1 aliphatic heterocycles. The fraction of sp³-hybridized carbons (Fsp3) is 0.864. The van der Waals surface area contributed by atoms with E-state index >= 15 is 0 Å². The van der Waals surface area contributed by atoms with Crippen LogP contribution in [0.4, 0.5) is 0 Å². The van der Waals surface area contributed by atoms with Crippen molar-refractivity contribution in [2.45, 2.75) is 84.8 Å². The SMILES string of the molecule is CC[C@H](C)[C@H](NC(=O)C1CCCCN1C)C(=O)N(C)[C@H](CCOC(C)=O)C(C)C. The van der Waals surface area contributed by atoms with Crippen molar-refractivity contribution in [2.75, 3.05) is 27.2 Å². The Bertz CT molecular complexity index is 552. The molecular weight excluding hydrogens is 370 g/mol. The molecule has 0 aromatic carbocycles. The van der Waals surface area contributed by atoms with Crippen LogP contribution in [-0.4, -0.2) is 73.0 Å². The highest BCUT2D eigenvalue weighted by atomic mass is 16.5. The summed E-state index contributed by atoms with van der Waals surface area (Å²) in [5.41, 5.74) is 0. The Kier molecular flexibility index (Phi) is 10.6. The fourth-order valence-electron chi connectivity index (χ4n) is 4.02. The van der Waals surface area contributed by atoms with Crippen molar-refractivity contribution in [1.82, 2.24) is 15.1 Å². The van der Waals surface area contributed by atoms with Crippen LogP contribution in [0.2, 0.25) is 0 Å². The van der Waals surface area contributed by atoms with Gasteiger partial charge in [0.1, 0.15) is 6.04 Å². The van der Waals surface area contributed by atoms with E-state index in [1.54, 1.807) is 11.9 Å². The standard InChI is InChI=1S/C22H41N3O4/c1-8-16(4)20(23-21(27)19-11-9-10-13-24(19)6)22(28)25(7)18(15(2)3)12-14-29-17(5)26/h15-16,18-20H,8-14H2,1-7H3,(H,23,27)/t16-,18+,19?,20-/m0/s1. The van der Waals surface area contributed by atoms with Crippen LogP contribution in [0.1, 0.15) is 66.7 Å². The Hall–Kier alpha value is -1.63. The number of likely N-dealkylation sites (N-methyl/N-ethyl adjacent to an activating group) is 2. The van der Waals surface area contributed by atoms with Crippen LogP contribution in [0.15, 0.2) is 0 Å². The molecule has 0 aliphatic carbocycles. The molecule has 1 saturated heterocycles. The van der Waals surface area contributed by atoms with Crippen molar-refractivity contribution in [2.24, 2.45) is 11.8 Å². The predicted molar refractivity (Wildman–Crippen MR) is 114 cm³/mol. The lowest BCUT2D eigenvalue weighted by molar-refractivity contribution is -0.143. The number of ether oxygens (including phenoxy) is 1. The molecule has 1 aliphatic rings. The number of nitrogens with one attached hydrogen (secondary N) is 1. The minimum atomic E-state index is -0.553. The number of nitrogens with zero attached hydrogens (tertiary/aromatic N) is 2. The lowest BCUT2D eigenvalue weighted by atomic mass is 9.93. The van der Waals surface area contributed by atoms with E-state index in [9.17, 15) is 14.4 Å². The molecule has 1 heterocycles. The third kappa shape index (κ3) is 7.61. The first-order chi connectivity index (χ1) is 13.6. The van der Waals surface area contributed by atoms with Gasteiger partial charge in [-0.3, -0.25) is 19.3 Å². The molecule has 1 fully saturated rings. The summed E-state index contributed by atoms with van der Waals surface area (Å²) in [6.07, 6.45) is 4.35. The number of hydrogen-bond donors (Lipinski definition) is 1. The highest BCUT2D eigenvalue weighted by Gasteiger charge is 2.35. The summed E-state index contributed by atoms with van der Waals surface area (Å²) in [4.78, 5) is 41.2. The Labute approximate surface area is 176 Å². The average molecular weight is 412 g/mol. The average Bonchev–Trinajstić information content (AvgIpc) is 2.67. The number of carbonyl (C=O) groups excluding carboxylic acids is 3. The molecule has 4 atom stereocenters. The van der Waals surface area contributed by atoms with Gasteiger partial charge in [0.05, 0.1) is 12.6 Å². The number of hydrogen-bond acceptors (Lipinski definition) is 5. The maximum Gasteiger partial charge on any atom is 0.302 e. The van der Waals surface area contributed by atoms with E-state index in [1.807, 2.05) is 20.9 Å². The Balaban J connectivity index is 2.89. The molecule has 1 rings (SSSR count). The Morgan fingerprint density at radius 2 is 1.86 bits per heavy atom. The first-order valence-electron chi connectivity index (χ1n) is 11.0. The second-order valence-electron chi connectivity index (χ2n) is 8.75. The largest absolute Gasteiger partial charge is 0.466 e. The summed E-state index contributed by atoms with van der Waals surface area (Å²) in [7, 11) is 3.76. The Morgan fingerprint density at radius 3 is 2.38 bits per heavy atom. The van der Waals surface area contributed by atoms with Gasteiger partial charge in [0, 0.05) is 26.4 Å². The molecule has 168 valence electrons. The van der Waals surface area contributed by atoms with Gasteiger partial charge in [-0.2, -0.15) is 0 Å². The molecule has 2 amide bonds. The molecule has 0 radical (unpaired) electrons. The zero-order valence-electron chi connectivity index (χ0n) is 19.4. The van der Waals surface area contributed by atoms with Gasteiger partial charge in [0.2, 0.25) is 11.8 Å². The second-order valence-corrected chi connectivity index (χ2v) is 8.75. The molecule has 0 bridgehead atoms.